The molecule has 4 atom stereocenters. The van der Waals surface area contributed by atoms with Crippen LogP contribution in [0.5, 0.6) is 0 Å². The van der Waals surface area contributed by atoms with Crippen LogP contribution in [0.4, 0.5) is 0 Å². The molecule has 2 rings (SSSR count). The van der Waals surface area contributed by atoms with Gasteiger partial charge in [-0.25, -0.2) is 0 Å². The summed E-state index contributed by atoms with van der Waals surface area (Å²) in [6.07, 6.45) is 3.90. The van der Waals surface area contributed by atoms with Crippen LogP contribution in [0.3, 0.4) is 0 Å². The largest absolute Gasteiger partial charge is 0.469 e. The third-order valence-electron chi connectivity index (χ3n) is 3.16. The zero-order valence-electron chi connectivity index (χ0n) is 8.10. The molecule has 0 heterocycles. The predicted octanol–water partition coefficient (Wildman–Crippen LogP) is 0.381. The van der Waals surface area contributed by atoms with Crippen molar-refractivity contribution in [1.29, 1.82) is 0 Å². The van der Waals surface area contributed by atoms with E-state index in [0.29, 0.717) is 0 Å². The van der Waals surface area contributed by atoms with Crippen molar-refractivity contribution in [2.45, 2.75) is 0 Å². The van der Waals surface area contributed by atoms with Gasteiger partial charge in [0.15, 0.2) is 0 Å². The van der Waals surface area contributed by atoms with E-state index in [1.807, 2.05) is 12.2 Å². The quantitative estimate of drug-likeness (QED) is 0.473. The Morgan fingerprint density at radius 2 is 1.29 bits per heavy atom. The number of fused-ring (bicyclic) bond motifs is 1. The highest BCUT2D eigenvalue weighted by Gasteiger charge is 2.59. The molecule has 2 aliphatic carbocycles. The first kappa shape index (κ1) is 9.24. The number of ether oxygens (including phenoxy) is 2. The molecule has 0 radical (unpaired) electrons. The Hall–Kier alpha value is -1.32. The second-order valence-electron chi connectivity index (χ2n) is 3.64. The lowest BCUT2D eigenvalue weighted by Gasteiger charge is -2.51. The van der Waals surface area contributed by atoms with Crippen LogP contribution < -0.4 is 0 Å². The highest BCUT2D eigenvalue weighted by molar-refractivity contribution is 5.86. The highest BCUT2D eigenvalue weighted by Crippen LogP contribution is 2.54. The number of allylic oxidation sites excluding steroid dienone is 2. The van der Waals surface area contributed by atoms with E-state index in [1.165, 1.54) is 14.2 Å². The average molecular weight is 196 g/mol. The molecule has 0 unspecified atom stereocenters. The topological polar surface area (TPSA) is 52.6 Å². The molecule has 0 N–H and O–H groups in total. The number of carbonyl (C=O) groups is 2. The summed E-state index contributed by atoms with van der Waals surface area (Å²) in [6.45, 7) is 0. The van der Waals surface area contributed by atoms with E-state index in [9.17, 15) is 9.59 Å². The van der Waals surface area contributed by atoms with E-state index in [-0.39, 0.29) is 35.6 Å². The first-order valence-corrected chi connectivity index (χ1v) is 4.54. The Labute approximate surface area is 81.9 Å². The summed E-state index contributed by atoms with van der Waals surface area (Å²) in [5.74, 6) is -0.917. The van der Waals surface area contributed by atoms with E-state index in [0.717, 1.165) is 0 Å². The molecule has 2 aliphatic rings. The van der Waals surface area contributed by atoms with Gasteiger partial charge < -0.3 is 9.47 Å². The van der Waals surface area contributed by atoms with Gasteiger partial charge in [0.05, 0.1) is 26.1 Å². The van der Waals surface area contributed by atoms with Gasteiger partial charge in [0.2, 0.25) is 0 Å². The first-order chi connectivity index (χ1) is 6.70. The molecule has 0 aromatic heterocycles. The molecule has 0 amide bonds. The Morgan fingerprint density at radius 3 is 1.50 bits per heavy atom. The van der Waals surface area contributed by atoms with Gasteiger partial charge in [-0.2, -0.15) is 0 Å². The molecule has 14 heavy (non-hydrogen) atoms. The fourth-order valence-corrected chi connectivity index (χ4v) is 2.30. The van der Waals surface area contributed by atoms with Crippen LogP contribution in [-0.2, 0) is 19.1 Å². The number of hydrogen-bond acceptors (Lipinski definition) is 4. The van der Waals surface area contributed by atoms with Crippen LogP contribution in [0.15, 0.2) is 12.2 Å². The summed E-state index contributed by atoms with van der Waals surface area (Å²) in [6, 6.07) is 0. The highest BCUT2D eigenvalue weighted by atomic mass is 16.5. The van der Waals surface area contributed by atoms with Gasteiger partial charge in [0.25, 0.3) is 0 Å². The first-order valence-electron chi connectivity index (χ1n) is 4.54. The van der Waals surface area contributed by atoms with Crippen molar-refractivity contribution in [1.82, 2.24) is 0 Å². The van der Waals surface area contributed by atoms with Gasteiger partial charge >= 0.3 is 11.9 Å². The fraction of sp³-hybridized carbons (Fsp3) is 0.600. The van der Waals surface area contributed by atoms with Crippen molar-refractivity contribution in [3.8, 4) is 0 Å². The maximum atomic E-state index is 11.4. The van der Waals surface area contributed by atoms with Crippen molar-refractivity contribution in [2.75, 3.05) is 14.2 Å². The average Bonchev–Trinajstić information content (AvgIpc) is 2.18. The maximum absolute atomic E-state index is 11.4. The lowest BCUT2D eigenvalue weighted by atomic mass is 9.51. The zero-order valence-corrected chi connectivity index (χ0v) is 8.10. The Balaban J connectivity index is 2.13. The minimum Gasteiger partial charge on any atom is -0.469 e. The second kappa shape index (κ2) is 3.12. The Kier molecular flexibility index (Phi) is 2.06. The van der Waals surface area contributed by atoms with Gasteiger partial charge in [-0.05, 0) is 11.8 Å². The predicted molar refractivity (Wildman–Crippen MR) is 47.1 cm³/mol. The molecule has 0 aliphatic heterocycles. The number of carbonyl (C=O) groups excluding carboxylic acids is 2. The monoisotopic (exact) mass is 196 g/mol. The molecule has 0 aromatic carbocycles. The molecule has 0 aromatic rings. The van der Waals surface area contributed by atoms with E-state index in [1.54, 1.807) is 0 Å². The number of methoxy groups -OCH3 is 2. The summed E-state index contributed by atoms with van der Waals surface area (Å²) < 4.78 is 9.30. The summed E-state index contributed by atoms with van der Waals surface area (Å²) in [5, 5.41) is 0. The van der Waals surface area contributed by atoms with Gasteiger partial charge in [-0.15, -0.1) is 0 Å². The summed E-state index contributed by atoms with van der Waals surface area (Å²) in [4.78, 5) is 22.7. The lowest BCUT2D eigenvalue weighted by molar-refractivity contribution is -0.174. The Morgan fingerprint density at radius 1 is 0.929 bits per heavy atom. The normalized spacial score (nSPS) is 37.6. The van der Waals surface area contributed by atoms with Crippen LogP contribution in [0.2, 0.25) is 0 Å². The van der Waals surface area contributed by atoms with Gasteiger partial charge in [-0.1, -0.05) is 12.2 Å². The molecular weight excluding hydrogens is 184 g/mol. The lowest BCUT2D eigenvalue weighted by Crippen LogP contribution is -2.56. The molecule has 0 saturated heterocycles. The molecule has 1 saturated carbocycles. The standard InChI is InChI=1S/C10H12O4/c1-13-9(11)7-5-3-4-6(5)8(7)10(12)14-2/h3-8H,1-2H3/t5-,6-,7-,8+/m1/s1. The Bertz CT molecular complexity index is 277. The van der Waals surface area contributed by atoms with E-state index >= 15 is 0 Å². The maximum Gasteiger partial charge on any atom is 0.310 e. The van der Waals surface area contributed by atoms with Crippen LogP contribution in [0.25, 0.3) is 0 Å². The number of hydrogen-bond donors (Lipinski definition) is 0. The molecule has 4 nitrogen and oxygen atoms in total. The van der Waals surface area contributed by atoms with Crippen LogP contribution >= 0.6 is 0 Å². The van der Waals surface area contributed by atoms with E-state index in [4.69, 9.17) is 0 Å². The van der Waals surface area contributed by atoms with Crippen LogP contribution in [0.1, 0.15) is 0 Å². The zero-order chi connectivity index (χ0) is 10.3. The molecule has 0 spiro atoms. The minimum absolute atomic E-state index is 0.187. The van der Waals surface area contributed by atoms with Gasteiger partial charge in [0, 0.05) is 0 Å². The van der Waals surface area contributed by atoms with Crippen LogP contribution in [-0.4, -0.2) is 26.2 Å². The molecule has 76 valence electrons. The van der Waals surface area contributed by atoms with Crippen molar-refractivity contribution < 1.29 is 19.1 Å². The van der Waals surface area contributed by atoms with E-state index < -0.39 is 0 Å². The van der Waals surface area contributed by atoms with E-state index in [2.05, 4.69) is 9.47 Å². The van der Waals surface area contributed by atoms with Crippen LogP contribution in [0, 0.1) is 23.7 Å². The molecule has 0 bridgehead atoms. The summed E-state index contributed by atoms with van der Waals surface area (Å²) in [5.41, 5.74) is 0. The number of rotatable bonds is 2. The fourth-order valence-electron chi connectivity index (χ4n) is 2.30. The van der Waals surface area contributed by atoms with Crippen molar-refractivity contribution in [2.24, 2.45) is 23.7 Å². The third kappa shape index (κ3) is 0.997. The van der Waals surface area contributed by atoms with Gasteiger partial charge in [-0.3, -0.25) is 9.59 Å². The van der Waals surface area contributed by atoms with Gasteiger partial charge in [0.1, 0.15) is 0 Å². The SMILES string of the molecule is COC(=O)[C@@H]1[C@@H]2C=C[C@H]2[C@@H]1C(=O)OC. The van der Waals surface area contributed by atoms with Crippen molar-refractivity contribution in [3.05, 3.63) is 12.2 Å². The smallest absolute Gasteiger partial charge is 0.310 e. The molecular formula is C10H12O4. The van der Waals surface area contributed by atoms with Crippen molar-refractivity contribution >= 4 is 11.9 Å². The molecule has 1 fully saturated rings. The van der Waals surface area contributed by atoms with Crippen molar-refractivity contribution in [3.63, 3.8) is 0 Å². The summed E-state index contributed by atoms with van der Waals surface area (Å²) >= 11 is 0. The molecule has 4 heteroatoms. The third-order valence-corrected chi connectivity index (χ3v) is 3.16. The second-order valence-corrected chi connectivity index (χ2v) is 3.64. The summed E-state index contributed by atoms with van der Waals surface area (Å²) in [7, 11) is 2.68. The number of esters is 2. The minimum atomic E-state index is -0.331.